The number of aromatic nitrogens is 2. The summed E-state index contributed by atoms with van der Waals surface area (Å²) in [7, 11) is 1.87. The van der Waals surface area contributed by atoms with E-state index in [0.717, 1.165) is 30.7 Å². The van der Waals surface area contributed by atoms with E-state index in [1.807, 2.05) is 30.1 Å². The van der Waals surface area contributed by atoms with Crippen LogP contribution >= 0.6 is 0 Å². The second-order valence-corrected chi connectivity index (χ2v) is 6.27. The van der Waals surface area contributed by atoms with Gasteiger partial charge in [0.1, 0.15) is 0 Å². The Labute approximate surface area is 129 Å². The molecule has 1 aliphatic heterocycles. The van der Waals surface area contributed by atoms with Crippen molar-refractivity contribution in [2.75, 3.05) is 7.05 Å². The van der Waals surface area contributed by atoms with Crippen molar-refractivity contribution in [2.45, 2.75) is 43.6 Å². The zero-order chi connectivity index (χ0) is 15.1. The van der Waals surface area contributed by atoms with E-state index in [1.165, 1.54) is 0 Å². The molecule has 1 saturated heterocycles. The van der Waals surface area contributed by atoms with Crippen LogP contribution in [0.3, 0.4) is 0 Å². The number of amides is 1. The molecule has 1 amide bonds. The Kier molecular flexibility index (Phi) is 3.21. The normalized spacial score (nSPS) is 25.5. The van der Waals surface area contributed by atoms with Crippen LogP contribution in [0, 0.1) is 0 Å². The number of nitrogens with zero attached hydrogens (tertiary/aromatic N) is 3. The van der Waals surface area contributed by atoms with Crippen molar-refractivity contribution in [3.05, 3.63) is 47.6 Å². The molecular weight excluding hydrogens is 278 g/mol. The SMILES string of the molecule is CN1C(=O)CCC(c2nc(C3CC3)no2)C1c1ccccc1. The minimum Gasteiger partial charge on any atom is -0.339 e. The van der Waals surface area contributed by atoms with Crippen molar-refractivity contribution >= 4 is 5.91 Å². The van der Waals surface area contributed by atoms with Gasteiger partial charge in [-0.15, -0.1) is 0 Å². The lowest BCUT2D eigenvalue weighted by Gasteiger charge is -2.37. The first-order chi connectivity index (χ1) is 10.7. The Morgan fingerprint density at radius 3 is 2.68 bits per heavy atom. The van der Waals surface area contributed by atoms with E-state index in [1.54, 1.807) is 0 Å². The van der Waals surface area contributed by atoms with Crippen molar-refractivity contribution in [3.63, 3.8) is 0 Å². The maximum atomic E-state index is 12.1. The highest BCUT2D eigenvalue weighted by Gasteiger charge is 2.39. The smallest absolute Gasteiger partial charge is 0.232 e. The molecule has 1 aromatic heterocycles. The van der Waals surface area contributed by atoms with Crippen LogP contribution in [0.5, 0.6) is 0 Å². The summed E-state index contributed by atoms with van der Waals surface area (Å²) in [5.74, 6) is 2.24. The molecule has 5 heteroatoms. The third-order valence-corrected chi connectivity index (χ3v) is 4.72. The Hall–Kier alpha value is -2.17. The van der Waals surface area contributed by atoms with Gasteiger partial charge in [-0.1, -0.05) is 35.5 Å². The van der Waals surface area contributed by atoms with Crippen molar-refractivity contribution in [3.8, 4) is 0 Å². The Morgan fingerprint density at radius 2 is 1.95 bits per heavy atom. The fourth-order valence-corrected chi connectivity index (χ4v) is 3.31. The molecule has 2 unspecified atom stereocenters. The molecule has 0 bridgehead atoms. The molecule has 1 aliphatic carbocycles. The molecular formula is C17H19N3O2. The molecule has 2 fully saturated rings. The highest BCUT2D eigenvalue weighted by atomic mass is 16.5. The lowest BCUT2D eigenvalue weighted by molar-refractivity contribution is -0.135. The zero-order valence-corrected chi connectivity index (χ0v) is 12.6. The van der Waals surface area contributed by atoms with E-state index >= 15 is 0 Å². The summed E-state index contributed by atoms with van der Waals surface area (Å²) >= 11 is 0. The quantitative estimate of drug-likeness (QED) is 0.873. The van der Waals surface area contributed by atoms with Crippen LogP contribution in [0.2, 0.25) is 0 Å². The molecule has 2 heterocycles. The summed E-state index contributed by atoms with van der Waals surface area (Å²) in [5, 5.41) is 4.14. The second-order valence-electron chi connectivity index (χ2n) is 6.27. The summed E-state index contributed by atoms with van der Waals surface area (Å²) < 4.78 is 5.54. The molecule has 114 valence electrons. The number of piperidine rings is 1. The number of carbonyl (C=O) groups excluding carboxylic acids is 1. The Balaban J connectivity index is 1.69. The van der Waals surface area contributed by atoms with E-state index in [9.17, 15) is 4.79 Å². The third kappa shape index (κ3) is 2.30. The molecule has 4 rings (SSSR count). The monoisotopic (exact) mass is 297 g/mol. The predicted molar refractivity (Wildman–Crippen MR) is 80.2 cm³/mol. The van der Waals surface area contributed by atoms with Gasteiger partial charge in [-0.25, -0.2) is 0 Å². The summed E-state index contributed by atoms with van der Waals surface area (Å²) in [5.41, 5.74) is 1.12. The lowest BCUT2D eigenvalue weighted by Crippen LogP contribution is -2.39. The van der Waals surface area contributed by atoms with Gasteiger partial charge in [-0.3, -0.25) is 4.79 Å². The van der Waals surface area contributed by atoms with Crippen LogP contribution in [-0.2, 0) is 4.79 Å². The maximum Gasteiger partial charge on any atom is 0.232 e. The van der Waals surface area contributed by atoms with Crippen molar-refractivity contribution in [2.24, 2.45) is 0 Å². The first-order valence-electron chi connectivity index (χ1n) is 7.88. The van der Waals surface area contributed by atoms with Crippen LogP contribution in [0.1, 0.15) is 60.8 Å². The standard InChI is InChI=1S/C17H19N3O2/c1-20-14(21)10-9-13(15(20)11-5-3-2-4-6-11)17-18-16(19-22-17)12-7-8-12/h2-6,12-13,15H,7-10H2,1H3. The summed E-state index contributed by atoms with van der Waals surface area (Å²) in [4.78, 5) is 18.6. The highest BCUT2D eigenvalue weighted by molar-refractivity contribution is 5.77. The van der Waals surface area contributed by atoms with Gasteiger partial charge in [0.2, 0.25) is 11.8 Å². The van der Waals surface area contributed by atoms with E-state index in [-0.39, 0.29) is 17.9 Å². The average molecular weight is 297 g/mol. The number of benzene rings is 1. The summed E-state index contributed by atoms with van der Waals surface area (Å²) in [6.07, 6.45) is 3.61. The van der Waals surface area contributed by atoms with Gasteiger partial charge in [0.25, 0.3) is 0 Å². The number of rotatable bonds is 3. The van der Waals surface area contributed by atoms with Crippen molar-refractivity contribution in [1.82, 2.24) is 15.0 Å². The first kappa shape index (κ1) is 13.5. The van der Waals surface area contributed by atoms with Gasteiger partial charge >= 0.3 is 0 Å². The van der Waals surface area contributed by atoms with Crippen molar-refractivity contribution < 1.29 is 9.32 Å². The minimum absolute atomic E-state index is 0.0325. The molecule has 2 aliphatic rings. The topological polar surface area (TPSA) is 59.2 Å². The number of carbonyl (C=O) groups is 1. The molecule has 0 radical (unpaired) electrons. The number of likely N-dealkylation sites (N-methyl/N-ethyl adjacent to an activating group) is 1. The van der Waals surface area contributed by atoms with Crippen LogP contribution in [0.25, 0.3) is 0 Å². The maximum absolute atomic E-state index is 12.1. The Bertz CT molecular complexity index is 678. The fourth-order valence-electron chi connectivity index (χ4n) is 3.31. The third-order valence-electron chi connectivity index (χ3n) is 4.72. The molecule has 0 spiro atoms. The van der Waals surface area contributed by atoms with Gasteiger partial charge in [0.05, 0.1) is 12.0 Å². The number of hydrogen-bond acceptors (Lipinski definition) is 4. The molecule has 5 nitrogen and oxygen atoms in total. The van der Waals surface area contributed by atoms with Crippen molar-refractivity contribution in [1.29, 1.82) is 0 Å². The zero-order valence-electron chi connectivity index (χ0n) is 12.6. The van der Waals surface area contributed by atoms with Gasteiger partial charge in [0.15, 0.2) is 5.82 Å². The van der Waals surface area contributed by atoms with E-state index in [4.69, 9.17) is 4.52 Å². The van der Waals surface area contributed by atoms with Gasteiger partial charge < -0.3 is 9.42 Å². The molecule has 2 atom stereocenters. The summed E-state index contributed by atoms with van der Waals surface area (Å²) in [6, 6.07) is 10.1. The number of hydrogen-bond donors (Lipinski definition) is 0. The average Bonchev–Trinajstić information content (AvgIpc) is 3.28. The van der Waals surface area contributed by atoms with Crippen LogP contribution in [0.4, 0.5) is 0 Å². The van der Waals surface area contributed by atoms with Gasteiger partial charge in [-0.05, 0) is 24.8 Å². The van der Waals surface area contributed by atoms with E-state index in [2.05, 4.69) is 22.3 Å². The Morgan fingerprint density at radius 1 is 1.18 bits per heavy atom. The van der Waals surface area contributed by atoms with E-state index in [0.29, 0.717) is 18.2 Å². The van der Waals surface area contributed by atoms with Crippen LogP contribution < -0.4 is 0 Å². The minimum atomic E-state index is -0.0325. The second kappa shape index (κ2) is 5.23. The molecule has 22 heavy (non-hydrogen) atoms. The molecule has 1 aromatic carbocycles. The number of likely N-dealkylation sites (tertiary alicyclic amines) is 1. The molecule has 1 saturated carbocycles. The lowest BCUT2D eigenvalue weighted by atomic mass is 9.84. The molecule has 0 N–H and O–H groups in total. The van der Waals surface area contributed by atoms with E-state index < -0.39 is 0 Å². The largest absolute Gasteiger partial charge is 0.339 e. The molecule has 2 aromatic rings. The summed E-state index contributed by atoms with van der Waals surface area (Å²) in [6.45, 7) is 0. The van der Waals surface area contributed by atoms with Crippen LogP contribution in [-0.4, -0.2) is 28.0 Å². The van der Waals surface area contributed by atoms with Gasteiger partial charge in [-0.2, -0.15) is 4.98 Å². The highest BCUT2D eigenvalue weighted by Crippen LogP contribution is 2.43. The fraction of sp³-hybridized carbons (Fsp3) is 0.471. The first-order valence-corrected chi connectivity index (χ1v) is 7.88. The van der Waals surface area contributed by atoms with Gasteiger partial charge in [0, 0.05) is 19.4 Å². The predicted octanol–water partition coefficient (Wildman–Crippen LogP) is 3.02. The van der Waals surface area contributed by atoms with Crippen LogP contribution in [0.15, 0.2) is 34.9 Å².